The van der Waals surface area contributed by atoms with Crippen LogP contribution in [0, 0.1) is 5.92 Å². The van der Waals surface area contributed by atoms with E-state index in [9.17, 15) is 8.42 Å². The molecule has 0 aliphatic rings. The van der Waals surface area contributed by atoms with Crippen molar-refractivity contribution in [2.45, 2.75) is 24.7 Å². The van der Waals surface area contributed by atoms with Crippen molar-refractivity contribution in [3.63, 3.8) is 0 Å². The fourth-order valence-electron chi connectivity index (χ4n) is 1.62. The van der Waals surface area contributed by atoms with E-state index in [2.05, 4.69) is 22.9 Å². The summed E-state index contributed by atoms with van der Waals surface area (Å²) in [5.41, 5.74) is 0. The Hall–Kier alpha value is -0.550. The molecule has 3 nitrogen and oxygen atoms in total. The first kappa shape index (κ1) is 15.5. The molecule has 1 aromatic rings. The third kappa shape index (κ3) is 4.98. The molecule has 0 spiro atoms. The molecule has 1 aromatic carbocycles. The largest absolute Gasteiger partial charge is 0.493 e. The third-order valence-electron chi connectivity index (χ3n) is 2.63. The average molecular weight is 335 g/mol. The second-order valence-electron chi connectivity index (χ2n) is 4.37. The van der Waals surface area contributed by atoms with Gasteiger partial charge in [-0.25, -0.2) is 8.42 Å². The molecule has 0 radical (unpaired) electrons. The summed E-state index contributed by atoms with van der Waals surface area (Å²) >= 11 is 3.46. The Morgan fingerprint density at radius 2 is 2.11 bits per heavy atom. The molecule has 0 saturated carbocycles. The topological polar surface area (TPSA) is 43.4 Å². The number of sulfone groups is 1. The number of halogens is 1. The molecule has 0 heterocycles. The van der Waals surface area contributed by atoms with Gasteiger partial charge in [0, 0.05) is 17.5 Å². The monoisotopic (exact) mass is 334 g/mol. The molecule has 0 aromatic heterocycles. The minimum atomic E-state index is -3.17. The Balaban J connectivity index is 2.68. The van der Waals surface area contributed by atoms with Gasteiger partial charge >= 0.3 is 0 Å². The summed E-state index contributed by atoms with van der Waals surface area (Å²) in [5, 5.41) is 0.895. The minimum absolute atomic E-state index is 0.297. The molecule has 0 aliphatic carbocycles. The van der Waals surface area contributed by atoms with E-state index in [0.717, 1.165) is 18.2 Å². The lowest BCUT2D eigenvalue weighted by atomic mass is 10.1. The Labute approximate surface area is 118 Å². The van der Waals surface area contributed by atoms with Gasteiger partial charge in [0.15, 0.2) is 9.84 Å². The van der Waals surface area contributed by atoms with E-state index < -0.39 is 9.84 Å². The first-order valence-electron chi connectivity index (χ1n) is 5.96. The normalized spacial score (nSPS) is 13.3. The average Bonchev–Trinajstić information content (AvgIpc) is 2.34. The Morgan fingerprint density at radius 3 is 2.67 bits per heavy atom. The summed E-state index contributed by atoms with van der Waals surface area (Å²) in [4.78, 5) is 0.297. The summed E-state index contributed by atoms with van der Waals surface area (Å²) in [6.07, 6.45) is 3.41. The van der Waals surface area contributed by atoms with Crippen molar-refractivity contribution >= 4 is 25.8 Å². The zero-order valence-corrected chi connectivity index (χ0v) is 13.1. The van der Waals surface area contributed by atoms with Crippen LogP contribution in [0.15, 0.2) is 29.2 Å². The van der Waals surface area contributed by atoms with E-state index in [1.165, 1.54) is 6.26 Å². The molecular weight excluding hydrogens is 316 g/mol. The zero-order chi connectivity index (χ0) is 13.6. The van der Waals surface area contributed by atoms with Gasteiger partial charge in [-0.3, -0.25) is 0 Å². The van der Waals surface area contributed by atoms with Crippen molar-refractivity contribution in [1.29, 1.82) is 0 Å². The van der Waals surface area contributed by atoms with E-state index in [1.54, 1.807) is 24.3 Å². The number of benzene rings is 1. The van der Waals surface area contributed by atoms with Gasteiger partial charge in [0.05, 0.1) is 11.5 Å². The summed E-state index contributed by atoms with van der Waals surface area (Å²) in [7, 11) is -3.17. The molecule has 0 amide bonds. The van der Waals surface area contributed by atoms with Gasteiger partial charge in [-0.15, -0.1) is 0 Å². The fraction of sp³-hybridized carbons (Fsp3) is 0.538. The molecule has 1 unspecified atom stereocenters. The molecule has 0 fully saturated rings. The number of rotatable bonds is 7. The van der Waals surface area contributed by atoms with Gasteiger partial charge in [0.2, 0.25) is 0 Å². The molecule has 0 aliphatic heterocycles. The van der Waals surface area contributed by atoms with Crippen molar-refractivity contribution in [3.8, 4) is 5.75 Å². The number of hydrogen-bond acceptors (Lipinski definition) is 3. The highest BCUT2D eigenvalue weighted by atomic mass is 79.9. The Morgan fingerprint density at radius 1 is 1.39 bits per heavy atom. The van der Waals surface area contributed by atoms with E-state index in [0.29, 0.717) is 23.2 Å². The molecule has 1 atom stereocenters. The van der Waals surface area contributed by atoms with Crippen LogP contribution in [0.2, 0.25) is 0 Å². The quantitative estimate of drug-likeness (QED) is 0.718. The maximum Gasteiger partial charge on any atom is 0.175 e. The van der Waals surface area contributed by atoms with Crippen LogP contribution in [0.4, 0.5) is 0 Å². The molecule has 0 bridgehead atoms. The predicted octanol–water partition coefficient (Wildman–Crippen LogP) is 3.28. The molecule has 5 heteroatoms. The molecule has 0 N–H and O–H groups in total. The molecule has 0 saturated heterocycles. The predicted molar refractivity (Wildman–Crippen MR) is 77.2 cm³/mol. The lowest BCUT2D eigenvalue weighted by molar-refractivity contribution is 0.254. The van der Waals surface area contributed by atoms with Gasteiger partial charge in [-0.2, -0.15) is 0 Å². The lowest BCUT2D eigenvalue weighted by Gasteiger charge is -2.14. The molecule has 102 valence electrons. The summed E-state index contributed by atoms with van der Waals surface area (Å²) in [6, 6.07) is 6.64. The number of alkyl halides is 1. The van der Waals surface area contributed by atoms with Gasteiger partial charge in [-0.1, -0.05) is 35.3 Å². The lowest BCUT2D eigenvalue weighted by Crippen LogP contribution is -2.13. The van der Waals surface area contributed by atoms with Crippen LogP contribution in [0.1, 0.15) is 19.8 Å². The minimum Gasteiger partial charge on any atom is -0.493 e. The molecular formula is C13H19BrO3S. The highest BCUT2D eigenvalue weighted by molar-refractivity contribution is 9.09. The number of hydrogen-bond donors (Lipinski definition) is 0. The molecule has 18 heavy (non-hydrogen) atoms. The second-order valence-corrected chi connectivity index (χ2v) is 7.03. The van der Waals surface area contributed by atoms with Crippen LogP contribution in [-0.4, -0.2) is 26.6 Å². The fourth-order valence-corrected chi connectivity index (χ4v) is 2.79. The van der Waals surface area contributed by atoms with Gasteiger partial charge in [0.25, 0.3) is 0 Å². The summed E-state index contributed by atoms with van der Waals surface area (Å²) in [6.45, 7) is 2.74. The Kier molecular flexibility index (Phi) is 6.15. The van der Waals surface area contributed by atoms with Crippen LogP contribution in [0.3, 0.4) is 0 Å². The SMILES string of the molecule is CCCC(CBr)COc1cccc(S(C)(=O)=O)c1. The smallest absolute Gasteiger partial charge is 0.175 e. The van der Waals surface area contributed by atoms with Crippen LogP contribution in [-0.2, 0) is 9.84 Å². The van der Waals surface area contributed by atoms with E-state index in [1.807, 2.05) is 0 Å². The van der Waals surface area contributed by atoms with Gasteiger partial charge in [0.1, 0.15) is 5.75 Å². The maximum atomic E-state index is 11.4. The highest BCUT2D eigenvalue weighted by Gasteiger charge is 2.10. The van der Waals surface area contributed by atoms with Crippen LogP contribution >= 0.6 is 15.9 Å². The first-order chi connectivity index (χ1) is 8.47. The van der Waals surface area contributed by atoms with Gasteiger partial charge < -0.3 is 4.74 Å². The first-order valence-corrected chi connectivity index (χ1v) is 8.97. The van der Waals surface area contributed by atoms with Crippen molar-refractivity contribution in [2.75, 3.05) is 18.2 Å². The number of ether oxygens (including phenoxy) is 1. The van der Waals surface area contributed by atoms with E-state index in [4.69, 9.17) is 4.74 Å². The van der Waals surface area contributed by atoms with Crippen molar-refractivity contribution in [3.05, 3.63) is 24.3 Å². The molecule has 1 rings (SSSR count). The van der Waals surface area contributed by atoms with Crippen LogP contribution in [0.25, 0.3) is 0 Å². The zero-order valence-electron chi connectivity index (χ0n) is 10.7. The summed E-state index contributed by atoms with van der Waals surface area (Å²) in [5.74, 6) is 1.07. The second kappa shape index (κ2) is 7.14. The standard InChI is InChI=1S/C13H19BrO3S/c1-3-5-11(9-14)10-17-12-6-4-7-13(8-12)18(2,15)16/h4,6-8,11H,3,5,9-10H2,1-2H3. The van der Waals surface area contributed by atoms with Crippen LogP contribution < -0.4 is 4.74 Å². The third-order valence-corrected chi connectivity index (χ3v) is 4.66. The van der Waals surface area contributed by atoms with Crippen LogP contribution in [0.5, 0.6) is 5.75 Å². The van der Waals surface area contributed by atoms with E-state index in [-0.39, 0.29) is 0 Å². The van der Waals surface area contributed by atoms with E-state index >= 15 is 0 Å². The summed E-state index contributed by atoms with van der Waals surface area (Å²) < 4.78 is 28.5. The Bertz CT molecular complexity index is 471. The van der Waals surface area contributed by atoms with Crippen molar-refractivity contribution in [1.82, 2.24) is 0 Å². The maximum absolute atomic E-state index is 11.4. The van der Waals surface area contributed by atoms with Crippen molar-refractivity contribution in [2.24, 2.45) is 5.92 Å². The van der Waals surface area contributed by atoms with Gasteiger partial charge in [-0.05, 0) is 24.6 Å². The highest BCUT2D eigenvalue weighted by Crippen LogP contribution is 2.19. The van der Waals surface area contributed by atoms with Crippen molar-refractivity contribution < 1.29 is 13.2 Å².